The average molecular weight is 289 g/mol. The van der Waals surface area contributed by atoms with Crippen molar-refractivity contribution in [2.24, 2.45) is 17.3 Å². The first kappa shape index (κ1) is 15.3. The summed E-state index contributed by atoms with van der Waals surface area (Å²) < 4.78 is 30.0. The first-order valence-corrected chi connectivity index (χ1v) is 9.15. The maximum atomic E-state index is 10.6. The number of fused-ring (bicyclic) bond motifs is 2. The molecule has 0 amide bonds. The summed E-state index contributed by atoms with van der Waals surface area (Å²) in [6.07, 6.45) is 8.62. The second kappa shape index (κ2) is 6.10. The van der Waals surface area contributed by atoms with Crippen LogP contribution < -0.4 is 5.32 Å². The topological polar surface area (TPSA) is 66.4 Å². The molecule has 0 aromatic heterocycles. The third kappa shape index (κ3) is 4.72. The molecule has 2 aliphatic rings. The Morgan fingerprint density at radius 2 is 2.16 bits per heavy atom. The van der Waals surface area contributed by atoms with Crippen molar-refractivity contribution in [1.29, 1.82) is 0 Å². The van der Waals surface area contributed by atoms with Gasteiger partial charge in [-0.3, -0.25) is 4.55 Å². The molecule has 0 heterocycles. The Balaban J connectivity index is 1.74. The SMILES string of the molecule is CC1CC2CCCC(CNCCCS(=O)(=O)O)(C1)C2. The third-order valence-corrected chi connectivity index (χ3v) is 5.62. The minimum atomic E-state index is -3.80. The zero-order chi connectivity index (χ0) is 13.9. The predicted molar refractivity (Wildman–Crippen MR) is 76.7 cm³/mol. The van der Waals surface area contributed by atoms with Crippen molar-refractivity contribution in [1.82, 2.24) is 5.32 Å². The molecule has 2 saturated carbocycles. The molecule has 2 N–H and O–H groups in total. The largest absolute Gasteiger partial charge is 0.316 e. The molecule has 2 bridgehead atoms. The van der Waals surface area contributed by atoms with Crippen molar-refractivity contribution >= 4 is 10.1 Å². The Kier molecular flexibility index (Phi) is 4.90. The molecule has 0 spiro atoms. The van der Waals surface area contributed by atoms with Crippen molar-refractivity contribution in [2.75, 3.05) is 18.8 Å². The van der Waals surface area contributed by atoms with Gasteiger partial charge < -0.3 is 5.32 Å². The molecule has 2 rings (SSSR count). The van der Waals surface area contributed by atoms with E-state index in [1.807, 2.05) is 0 Å². The third-order valence-electron chi connectivity index (χ3n) is 4.81. The fourth-order valence-corrected chi connectivity index (χ4v) is 4.84. The maximum Gasteiger partial charge on any atom is 0.264 e. The molecule has 2 aliphatic carbocycles. The van der Waals surface area contributed by atoms with Crippen LogP contribution in [0.5, 0.6) is 0 Å². The normalized spacial score (nSPS) is 35.3. The number of rotatable bonds is 6. The van der Waals surface area contributed by atoms with Gasteiger partial charge in [-0.15, -0.1) is 0 Å². The Morgan fingerprint density at radius 1 is 1.37 bits per heavy atom. The number of hydrogen-bond donors (Lipinski definition) is 2. The molecule has 19 heavy (non-hydrogen) atoms. The van der Waals surface area contributed by atoms with Crippen LogP contribution in [0, 0.1) is 17.3 Å². The molecular weight excluding hydrogens is 262 g/mol. The van der Waals surface area contributed by atoms with Gasteiger partial charge in [-0.05, 0) is 55.9 Å². The van der Waals surface area contributed by atoms with E-state index in [1.54, 1.807) is 0 Å². The average Bonchev–Trinajstić information content (AvgIpc) is 2.25. The van der Waals surface area contributed by atoms with Crippen molar-refractivity contribution in [2.45, 2.75) is 51.9 Å². The standard InChI is InChI=1S/C14H27NO3S/c1-12-8-13-4-2-5-14(9-12,10-13)11-15-6-3-7-19(16,17)18/h12-13,15H,2-11H2,1H3,(H,16,17,18). The lowest BCUT2D eigenvalue weighted by atomic mass is 9.59. The summed E-state index contributed by atoms with van der Waals surface area (Å²) in [4.78, 5) is 0. The highest BCUT2D eigenvalue weighted by atomic mass is 32.2. The predicted octanol–water partition coefficient (Wildman–Crippen LogP) is 2.46. The van der Waals surface area contributed by atoms with E-state index in [0.717, 1.165) is 18.4 Å². The quantitative estimate of drug-likeness (QED) is 0.582. The van der Waals surface area contributed by atoms with Gasteiger partial charge in [0.2, 0.25) is 0 Å². The van der Waals surface area contributed by atoms with E-state index in [2.05, 4.69) is 12.2 Å². The lowest BCUT2D eigenvalue weighted by molar-refractivity contribution is 0.0456. The molecule has 0 saturated heterocycles. The van der Waals surface area contributed by atoms with Gasteiger partial charge in [0.1, 0.15) is 0 Å². The first-order chi connectivity index (χ1) is 8.89. The van der Waals surface area contributed by atoms with Crippen LogP contribution in [-0.4, -0.2) is 31.8 Å². The Bertz CT molecular complexity index is 391. The summed E-state index contributed by atoms with van der Waals surface area (Å²) in [6.45, 7) is 4.06. The van der Waals surface area contributed by atoms with Gasteiger partial charge in [-0.25, -0.2) is 0 Å². The van der Waals surface area contributed by atoms with Gasteiger partial charge in [0.05, 0.1) is 5.75 Å². The molecule has 0 aromatic carbocycles. The summed E-state index contributed by atoms with van der Waals surface area (Å²) in [7, 11) is -3.80. The van der Waals surface area contributed by atoms with Crippen molar-refractivity contribution in [3.8, 4) is 0 Å². The molecule has 0 aliphatic heterocycles. The fourth-order valence-electron chi connectivity index (χ4n) is 4.33. The summed E-state index contributed by atoms with van der Waals surface area (Å²) in [5.41, 5.74) is 0.457. The second-order valence-corrected chi connectivity index (χ2v) is 8.40. The van der Waals surface area contributed by atoms with Gasteiger partial charge in [-0.2, -0.15) is 8.42 Å². The smallest absolute Gasteiger partial charge is 0.264 e. The van der Waals surface area contributed by atoms with Gasteiger partial charge in [0.15, 0.2) is 0 Å². The van der Waals surface area contributed by atoms with Crippen LogP contribution in [0.3, 0.4) is 0 Å². The summed E-state index contributed by atoms with van der Waals surface area (Å²) in [6, 6.07) is 0. The summed E-state index contributed by atoms with van der Waals surface area (Å²) in [5.74, 6) is 1.61. The van der Waals surface area contributed by atoms with Crippen molar-refractivity contribution < 1.29 is 13.0 Å². The van der Waals surface area contributed by atoms with E-state index in [0.29, 0.717) is 18.4 Å². The zero-order valence-electron chi connectivity index (χ0n) is 11.9. The van der Waals surface area contributed by atoms with Gasteiger partial charge in [0.25, 0.3) is 10.1 Å². The molecule has 4 nitrogen and oxygen atoms in total. The van der Waals surface area contributed by atoms with E-state index < -0.39 is 10.1 Å². The highest BCUT2D eigenvalue weighted by molar-refractivity contribution is 7.85. The van der Waals surface area contributed by atoms with E-state index >= 15 is 0 Å². The second-order valence-electron chi connectivity index (χ2n) is 6.82. The van der Waals surface area contributed by atoms with E-state index in [9.17, 15) is 8.42 Å². The Labute approximate surface area is 117 Å². The summed E-state index contributed by atoms with van der Waals surface area (Å²) >= 11 is 0. The lowest BCUT2D eigenvalue weighted by Crippen LogP contribution is -2.43. The van der Waals surface area contributed by atoms with Crippen LogP contribution in [0.4, 0.5) is 0 Å². The van der Waals surface area contributed by atoms with Crippen LogP contribution in [0.2, 0.25) is 0 Å². The first-order valence-electron chi connectivity index (χ1n) is 7.54. The molecule has 2 fully saturated rings. The van der Waals surface area contributed by atoms with E-state index in [4.69, 9.17) is 4.55 Å². The maximum absolute atomic E-state index is 10.6. The molecule has 3 unspecified atom stereocenters. The number of nitrogens with one attached hydrogen (secondary N) is 1. The van der Waals surface area contributed by atoms with Crippen molar-refractivity contribution in [3.63, 3.8) is 0 Å². The van der Waals surface area contributed by atoms with Crippen LogP contribution in [0.15, 0.2) is 0 Å². The molecule has 5 heteroatoms. The zero-order valence-corrected chi connectivity index (χ0v) is 12.7. The Hall–Kier alpha value is -0.130. The van der Waals surface area contributed by atoms with Crippen LogP contribution in [0.25, 0.3) is 0 Å². The highest BCUT2D eigenvalue weighted by Gasteiger charge is 2.41. The van der Waals surface area contributed by atoms with Crippen molar-refractivity contribution in [3.05, 3.63) is 0 Å². The van der Waals surface area contributed by atoms with Crippen LogP contribution in [0.1, 0.15) is 51.9 Å². The van der Waals surface area contributed by atoms with Crippen LogP contribution in [-0.2, 0) is 10.1 Å². The minimum Gasteiger partial charge on any atom is -0.316 e. The summed E-state index contributed by atoms with van der Waals surface area (Å²) in [5, 5.41) is 3.42. The molecule has 0 radical (unpaired) electrons. The van der Waals surface area contributed by atoms with E-state index in [-0.39, 0.29) is 5.75 Å². The van der Waals surface area contributed by atoms with Gasteiger partial charge >= 0.3 is 0 Å². The van der Waals surface area contributed by atoms with Gasteiger partial charge in [-0.1, -0.05) is 19.8 Å². The molecular formula is C14H27NO3S. The molecule has 112 valence electrons. The minimum absolute atomic E-state index is 0.133. The van der Waals surface area contributed by atoms with E-state index in [1.165, 1.54) is 38.5 Å². The lowest BCUT2D eigenvalue weighted by Gasteiger charge is -2.48. The Morgan fingerprint density at radius 3 is 2.89 bits per heavy atom. The number of hydrogen-bond acceptors (Lipinski definition) is 3. The van der Waals surface area contributed by atoms with Crippen LogP contribution >= 0.6 is 0 Å². The molecule has 3 atom stereocenters. The fraction of sp³-hybridized carbons (Fsp3) is 1.00. The highest BCUT2D eigenvalue weighted by Crippen LogP contribution is 2.50. The molecule has 0 aromatic rings. The van der Waals surface area contributed by atoms with Gasteiger partial charge in [0, 0.05) is 6.54 Å². The monoisotopic (exact) mass is 289 g/mol.